The minimum absolute atomic E-state index is 0.312. The van der Waals surface area contributed by atoms with Gasteiger partial charge in [-0.05, 0) is 31.1 Å². The molecule has 1 heteroatoms. The van der Waals surface area contributed by atoms with E-state index in [1.807, 2.05) is 0 Å². The Kier molecular flexibility index (Phi) is 1.31. The van der Waals surface area contributed by atoms with Crippen molar-refractivity contribution in [2.75, 3.05) is 0 Å². The third kappa shape index (κ3) is 0.672. The second kappa shape index (κ2) is 1.97. The summed E-state index contributed by atoms with van der Waals surface area (Å²) in [4.78, 5) is 0. The van der Waals surface area contributed by atoms with E-state index in [0.29, 0.717) is 5.54 Å². The Bertz CT molecular complexity index is 132. The van der Waals surface area contributed by atoms with Crippen molar-refractivity contribution >= 4 is 0 Å². The van der Waals surface area contributed by atoms with Gasteiger partial charge in [0.15, 0.2) is 0 Å². The van der Waals surface area contributed by atoms with Gasteiger partial charge in [-0.2, -0.15) is 0 Å². The number of fused-ring (bicyclic) bond motifs is 1. The Balaban J connectivity index is 1.96. The molecule has 2 aliphatic rings. The predicted molar refractivity (Wildman–Crippen MR) is 42.7 cm³/mol. The lowest BCUT2D eigenvalue weighted by molar-refractivity contribution is 0.467. The average molecular weight is 139 g/mol. The van der Waals surface area contributed by atoms with Crippen LogP contribution in [0.3, 0.4) is 0 Å². The molecule has 10 heavy (non-hydrogen) atoms. The number of hydrogen-bond donors (Lipinski definition) is 1. The standard InChI is InChI=1S/C9H17N/c1-2-6-9(10)7-4-3-5-8(7)9/h7-8H,2-6,10H2,1H3. The summed E-state index contributed by atoms with van der Waals surface area (Å²) in [7, 11) is 0. The molecule has 0 bridgehead atoms. The summed E-state index contributed by atoms with van der Waals surface area (Å²) in [5.41, 5.74) is 6.52. The maximum Gasteiger partial charge on any atom is 0.0218 e. The molecule has 2 aliphatic carbocycles. The second-order valence-corrected chi connectivity index (χ2v) is 4.01. The van der Waals surface area contributed by atoms with Crippen molar-refractivity contribution in [3.05, 3.63) is 0 Å². The monoisotopic (exact) mass is 139 g/mol. The molecular weight excluding hydrogens is 122 g/mol. The van der Waals surface area contributed by atoms with E-state index in [1.165, 1.54) is 32.1 Å². The lowest BCUT2D eigenvalue weighted by Gasteiger charge is -2.12. The SMILES string of the molecule is CCCC1(N)C2CCCC21. The topological polar surface area (TPSA) is 26.0 Å². The van der Waals surface area contributed by atoms with Crippen LogP contribution in [0.1, 0.15) is 39.0 Å². The van der Waals surface area contributed by atoms with E-state index in [1.54, 1.807) is 0 Å². The fourth-order valence-corrected chi connectivity index (χ4v) is 2.93. The van der Waals surface area contributed by atoms with Crippen LogP contribution >= 0.6 is 0 Å². The molecule has 0 radical (unpaired) electrons. The third-order valence-electron chi connectivity index (χ3n) is 3.47. The van der Waals surface area contributed by atoms with Crippen LogP contribution in [0.2, 0.25) is 0 Å². The van der Waals surface area contributed by atoms with Crippen molar-refractivity contribution in [1.82, 2.24) is 0 Å². The van der Waals surface area contributed by atoms with Gasteiger partial charge in [0.25, 0.3) is 0 Å². The van der Waals surface area contributed by atoms with E-state index in [2.05, 4.69) is 6.92 Å². The predicted octanol–water partition coefficient (Wildman–Crippen LogP) is 1.91. The van der Waals surface area contributed by atoms with Gasteiger partial charge in [-0.25, -0.2) is 0 Å². The largest absolute Gasteiger partial charge is 0.325 e. The first-order valence-electron chi connectivity index (χ1n) is 4.58. The van der Waals surface area contributed by atoms with Crippen molar-refractivity contribution in [2.24, 2.45) is 17.6 Å². The van der Waals surface area contributed by atoms with E-state index < -0.39 is 0 Å². The average Bonchev–Trinajstić information content (AvgIpc) is 2.30. The van der Waals surface area contributed by atoms with Gasteiger partial charge < -0.3 is 5.73 Å². The third-order valence-corrected chi connectivity index (χ3v) is 3.47. The van der Waals surface area contributed by atoms with E-state index >= 15 is 0 Å². The van der Waals surface area contributed by atoms with Crippen molar-refractivity contribution in [3.8, 4) is 0 Å². The molecule has 2 rings (SSSR count). The smallest absolute Gasteiger partial charge is 0.0218 e. The van der Waals surface area contributed by atoms with Gasteiger partial charge >= 0.3 is 0 Å². The molecule has 2 N–H and O–H groups in total. The van der Waals surface area contributed by atoms with Gasteiger partial charge in [-0.1, -0.05) is 19.8 Å². The van der Waals surface area contributed by atoms with Crippen molar-refractivity contribution in [3.63, 3.8) is 0 Å². The van der Waals surface area contributed by atoms with Crippen LogP contribution in [0.5, 0.6) is 0 Å². The summed E-state index contributed by atoms with van der Waals surface area (Å²) >= 11 is 0. The van der Waals surface area contributed by atoms with Crippen LogP contribution in [0.15, 0.2) is 0 Å². The molecule has 0 aromatic heterocycles. The maximum atomic E-state index is 6.21. The first-order valence-corrected chi connectivity index (χ1v) is 4.58. The van der Waals surface area contributed by atoms with Crippen LogP contribution in [0.4, 0.5) is 0 Å². The fourth-order valence-electron chi connectivity index (χ4n) is 2.93. The van der Waals surface area contributed by atoms with Gasteiger partial charge in [0.1, 0.15) is 0 Å². The van der Waals surface area contributed by atoms with E-state index in [0.717, 1.165) is 11.8 Å². The highest BCUT2D eigenvalue weighted by Crippen LogP contribution is 2.60. The summed E-state index contributed by atoms with van der Waals surface area (Å²) in [5, 5.41) is 0. The quantitative estimate of drug-likeness (QED) is 0.621. The summed E-state index contributed by atoms with van der Waals surface area (Å²) in [5.74, 6) is 1.85. The lowest BCUT2D eigenvalue weighted by atomic mass is 10.0. The molecule has 0 aromatic carbocycles. The van der Waals surface area contributed by atoms with Gasteiger partial charge in [-0.15, -0.1) is 0 Å². The van der Waals surface area contributed by atoms with Gasteiger partial charge in [-0.3, -0.25) is 0 Å². The van der Waals surface area contributed by atoms with Crippen LogP contribution in [0.25, 0.3) is 0 Å². The molecule has 0 aliphatic heterocycles. The Labute approximate surface area is 63.0 Å². The summed E-state index contributed by atoms with van der Waals surface area (Å²) in [6.07, 6.45) is 6.81. The molecule has 58 valence electrons. The molecule has 1 nitrogen and oxygen atoms in total. The van der Waals surface area contributed by atoms with Crippen LogP contribution in [-0.2, 0) is 0 Å². The van der Waals surface area contributed by atoms with Crippen LogP contribution in [-0.4, -0.2) is 5.54 Å². The lowest BCUT2D eigenvalue weighted by Crippen LogP contribution is -2.27. The second-order valence-electron chi connectivity index (χ2n) is 4.01. The highest BCUT2D eigenvalue weighted by atomic mass is 14.9. The van der Waals surface area contributed by atoms with E-state index in [9.17, 15) is 0 Å². The molecule has 0 aromatic rings. The summed E-state index contributed by atoms with van der Waals surface area (Å²) in [6, 6.07) is 0. The molecular formula is C9H17N. The zero-order chi connectivity index (χ0) is 7.19. The van der Waals surface area contributed by atoms with Crippen LogP contribution < -0.4 is 5.73 Å². The Hall–Kier alpha value is -0.0400. The van der Waals surface area contributed by atoms with Crippen LogP contribution in [0, 0.1) is 11.8 Å². The molecule has 2 saturated carbocycles. The normalized spacial score (nSPS) is 51.0. The molecule has 2 atom stereocenters. The highest BCUT2D eigenvalue weighted by Gasteiger charge is 2.62. The molecule has 0 saturated heterocycles. The molecule has 2 fully saturated rings. The molecule has 2 unspecified atom stereocenters. The fraction of sp³-hybridized carbons (Fsp3) is 1.00. The van der Waals surface area contributed by atoms with E-state index in [4.69, 9.17) is 5.73 Å². The molecule has 0 heterocycles. The van der Waals surface area contributed by atoms with Crippen molar-refractivity contribution in [1.29, 1.82) is 0 Å². The highest BCUT2D eigenvalue weighted by molar-refractivity contribution is 5.17. The Morgan fingerprint density at radius 2 is 2.00 bits per heavy atom. The van der Waals surface area contributed by atoms with Gasteiger partial charge in [0.05, 0.1) is 0 Å². The summed E-state index contributed by atoms with van der Waals surface area (Å²) in [6.45, 7) is 2.24. The number of nitrogens with two attached hydrogens (primary N) is 1. The number of hydrogen-bond acceptors (Lipinski definition) is 1. The first kappa shape index (κ1) is 6.66. The molecule has 0 amide bonds. The van der Waals surface area contributed by atoms with E-state index in [-0.39, 0.29) is 0 Å². The zero-order valence-corrected chi connectivity index (χ0v) is 6.77. The zero-order valence-electron chi connectivity index (χ0n) is 6.77. The first-order chi connectivity index (χ1) is 4.79. The maximum absolute atomic E-state index is 6.21. The summed E-state index contributed by atoms with van der Waals surface area (Å²) < 4.78 is 0. The minimum Gasteiger partial charge on any atom is -0.325 e. The van der Waals surface area contributed by atoms with Crippen molar-refractivity contribution in [2.45, 2.75) is 44.6 Å². The Morgan fingerprint density at radius 3 is 2.50 bits per heavy atom. The van der Waals surface area contributed by atoms with Gasteiger partial charge in [0, 0.05) is 5.54 Å². The van der Waals surface area contributed by atoms with Crippen molar-refractivity contribution < 1.29 is 0 Å². The number of rotatable bonds is 2. The minimum atomic E-state index is 0.312. The van der Waals surface area contributed by atoms with Gasteiger partial charge in [0.2, 0.25) is 0 Å². The Morgan fingerprint density at radius 1 is 1.40 bits per heavy atom. The molecule has 0 spiro atoms.